The van der Waals surface area contributed by atoms with Crippen molar-refractivity contribution < 1.29 is 13.0 Å². The molecule has 0 N–H and O–H groups in total. The van der Waals surface area contributed by atoms with E-state index in [1.807, 2.05) is 35.9 Å². The van der Waals surface area contributed by atoms with Gasteiger partial charge in [-0.2, -0.15) is 0 Å². The summed E-state index contributed by atoms with van der Waals surface area (Å²) in [4.78, 5) is 13.5. The van der Waals surface area contributed by atoms with E-state index in [1.165, 1.54) is 0 Å². The van der Waals surface area contributed by atoms with Gasteiger partial charge in [-0.05, 0) is 32.9 Å². The normalized spacial score (nSPS) is 25.2. The molecule has 2 aromatic rings. The first-order valence-corrected chi connectivity index (χ1v) is 6.40. The van der Waals surface area contributed by atoms with Crippen molar-refractivity contribution in [3.63, 3.8) is 0 Å². The Morgan fingerprint density at radius 2 is 2.21 bits per heavy atom. The molecule has 0 radical (unpaired) electrons. The number of rotatable bonds is 2. The molecule has 0 spiro atoms. The van der Waals surface area contributed by atoms with Gasteiger partial charge < -0.3 is 9.47 Å². The van der Waals surface area contributed by atoms with Gasteiger partial charge in [0.15, 0.2) is 5.78 Å². The molecule has 0 fully saturated rings. The SMILES string of the molecule is [2H]C([2H])([2H])N(CC1CCc2c(c3ccccc3n2C)C1=O)C([2H])([2H])[2H]. The summed E-state index contributed by atoms with van der Waals surface area (Å²) >= 11 is 0. The zero-order valence-electron chi connectivity index (χ0n) is 16.8. The third kappa shape index (κ3) is 1.89. The number of carbonyl (C=O) groups is 1. The number of hydrogen-bond acceptors (Lipinski definition) is 2. The van der Waals surface area contributed by atoms with Crippen LogP contribution < -0.4 is 0 Å². The van der Waals surface area contributed by atoms with E-state index >= 15 is 0 Å². The number of para-hydroxylation sites is 1. The summed E-state index contributed by atoms with van der Waals surface area (Å²) in [6, 6.07) is 7.57. The lowest BCUT2D eigenvalue weighted by Crippen LogP contribution is -2.31. The van der Waals surface area contributed by atoms with Crippen molar-refractivity contribution in [3.05, 3.63) is 35.5 Å². The third-order valence-corrected chi connectivity index (χ3v) is 3.98. The Kier molecular flexibility index (Phi) is 1.71. The maximum atomic E-state index is 13.0. The molecule has 100 valence electrons. The lowest BCUT2D eigenvalue weighted by molar-refractivity contribution is 0.0878. The quantitative estimate of drug-likeness (QED) is 0.831. The van der Waals surface area contributed by atoms with Crippen LogP contribution in [0, 0.1) is 5.92 Å². The molecule has 1 unspecified atom stereocenters. The van der Waals surface area contributed by atoms with Crippen LogP contribution in [0.3, 0.4) is 0 Å². The molecule has 3 rings (SSSR count). The van der Waals surface area contributed by atoms with Crippen LogP contribution >= 0.6 is 0 Å². The summed E-state index contributed by atoms with van der Waals surface area (Å²) < 4.78 is 46.9. The Hall–Kier alpha value is -1.61. The molecule has 1 aliphatic carbocycles. The van der Waals surface area contributed by atoms with E-state index in [1.54, 1.807) is 0 Å². The smallest absolute Gasteiger partial charge is 0.169 e. The first-order valence-electron chi connectivity index (χ1n) is 9.40. The van der Waals surface area contributed by atoms with E-state index in [0.29, 0.717) is 23.3 Å². The van der Waals surface area contributed by atoms with Crippen LogP contribution in [-0.2, 0) is 13.5 Å². The van der Waals surface area contributed by atoms with Crippen LogP contribution in [0.5, 0.6) is 0 Å². The largest absolute Gasteiger partial charge is 0.347 e. The Morgan fingerprint density at radius 3 is 3.00 bits per heavy atom. The lowest BCUT2D eigenvalue weighted by atomic mass is 9.85. The van der Waals surface area contributed by atoms with Crippen molar-refractivity contribution in [1.82, 2.24) is 9.47 Å². The number of hydrogen-bond donors (Lipinski definition) is 0. The fourth-order valence-corrected chi connectivity index (χ4v) is 3.05. The molecule has 0 saturated carbocycles. The van der Waals surface area contributed by atoms with Gasteiger partial charge in [0.25, 0.3) is 0 Å². The lowest BCUT2D eigenvalue weighted by Gasteiger charge is -2.24. The van der Waals surface area contributed by atoms with E-state index in [0.717, 1.165) is 16.6 Å². The third-order valence-electron chi connectivity index (χ3n) is 3.98. The second kappa shape index (κ2) is 4.49. The highest BCUT2D eigenvalue weighted by Gasteiger charge is 2.31. The van der Waals surface area contributed by atoms with Crippen LogP contribution in [0.1, 0.15) is 30.7 Å². The number of Topliss-reactive ketones (excluding diaryl/α,β-unsaturated/α-hetero) is 1. The summed E-state index contributed by atoms with van der Waals surface area (Å²) in [6.45, 7) is -5.84. The number of carbonyl (C=O) groups excluding carboxylic acids is 1. The predicted octanol–water partition coefficient (Wildman–Crippen LogP) is 2.49. The Balaban J connectivity index is 1.98. The topological polar surface area (TPSA) is 25.2 Å². The second-order valence-corrected chi connectivity index (χ2v) is 5.11. The van der Waals surface area contributed by atoms with E-state index in [2.05, 4.69) is 0 Å². The molecule has 1 aromatic heterocycles. The summed E-state index contributed by atoms with van der Waals surface area (Å²) in [5, 5.41) is 0.837. The molecule has 0 bridgehead atoms. The standard InChI is InChI=1S/C16H20N2O/c1-17(2)10-11-8-9-14-15(16(11)19)12-6-4-5-7-13(12)18(14)3/h4-7,11H,8-10H2,1-3H3/i1D3,2D3. The number of benzene rings is 1. The summed E-state index contributed by atoms with van der Waals surface area (Å²) in [6.07, 6.45) is 1.06. The molecule has 0 aliphatic heterocycles. The molecular weight excluding hydrogens is 236 g/mol. The van der Waals surface area contributed by atoms with Gasteiger partial charge in [0, 0.05) is 49.9 Å². The highest BCUT2D eigenvalue weighted by atomic mass is 16.1. The van der Waals surface area contributed by atoms with Gasteiger partial charge in [-0.1, -0.05) is 18.2 Å². The average molecular weight is 262 g/mol. The van der Waals surface area contributed by atoms with Crippen molar-refractivity contribution in [3.8, 4) is 0 Å². The molecule has 1 heterocycles. The van der Waals surface area contributed by atoms with Gasteiger partial charge in [0.05, 0.1) is 0 Å². The van der Waals surface area contributed by atoms with Crippen molar-refractivity contribution in [2.45, 2.75) is 12.8 Å². The zero-order valence-corrected chi connectivity index (χ0v) is 10.8. The number of fused-ring (bicyclic) bond motifs is 3. The molecule has 3 nitrogen and oxygen atoms in total. The highest BCUT2D eigenvalue weighted by molar-refractivity contribution is 6.11. The van der Waals surface area contributed by atoms with Gasteiger partial charge >= 0.3 is 0 Å². The molecule has 19 heavy (non-hydrogen) atoms. The van der Waals surface area contributed by atoms with Gasteiger partial charge in [-0.3, -0.25) is 4.79 Å². The summed E-state index contributed by atoms with van der Waals surface area (Å²) in [7, 11) is 1.91. The minimum Gasteiger partial charge on any atom is -0.347 e. The molecule has 1 aliphatic rings. The first kappa shape index (κ1) is 7.25. The van der Waals surface area contributed by atoms with E-state index < -0.39 is 19.9 Å². The van der Waals surface area contributed by atoms with Crippen LogP contribution in [-0.4, -0.2) is 35.7 Å². The van der Waals surface area contributed by atoms with Crippen molar-refractivity contribution in [1.29, 1.82) is 0 Å². The molecule has 1 atom stereocenters. The Bertz CT molecular complexity index is 806. The fraction of sp³-hybridized carbons (Fsp3) is 0.438. The summed E-state index contributed by atoms with van der Waals surface area (Å²) in [5.41, 5.74) is 2.48. The second-order valence-electron chi connectivity index (χ2n) is 5.11. The number of nitrogens with zero attached hydrogens (tertiary/aromatic N) is 2. The maximum absolute atomic E-state index is 13.0. The monoisotopic (exact) mass is 262 g/mol. The highest BCUT2D eigenvalue weighted by Crippen LogP contribution is 2.33. The fourth-order valence-electron chi connectivity index (χ4n) is 3.05. The van der Waals surface area contributed by atoms with Crippen LogP contribution in [0.25, 0.3) is 10.9 Å². The number of ketones is 1. The van der Waals surface area contributed by atoms with Crippen LogP contribution in [0.15, 0.2) is 24.3 Å². The zero-order chi connectivity index (χ0) is 18.6. The molecule has 0 saturated heterocycles. The first-order chi connectivity index (χ1) is 11.5. The minimum absolute atomic E-state index is 0.170. The van der Waals surface area contributed by atoms with E-state index in [-0.39, 0.29) is 12.3 Å². The van der Waals surface area contributed by atoms with Crippen molar-refractivity contribution in [2.24, 2.45) is 13.0 Å². The molecule has 0 amide bonds. The molecular formula is C16H20N2O. The van der Waals surface area contributed by atoms with E-state index in [9.17, 15) is 4.79 Å². The maximum Gasteiger partial charge on any atom is 0.169 e. The van der Waals surface area contributed by atoms with Gasteiger partial charge in [-0.15, -0.1) is 0 Å². The van der Waals surface area contributed by atoms with Crippen molar-refractivity contribution in [2.75, 3.05) is 20.5 Å². The Labute approximate surface area is 122 Å². The summed E-state index contributed by atoms with van der Waals surface area (Å²) in [5.74, 6) is -0.810. The van der Waals surface area contributed by atoms with Crippen LogP contribution in [0.4, 0.5) is 0 Å². The Morgan fingerprint density at radius 1 is 1.42 bits per heavy atom. The molecule has 3 heteroatoms. The van der Waals surface area contributed by atoms with Gasteiger partial charge in [-0.25, -0.2) is 0 Å². The van der Waals surface area contributed by atoms with Crippen LogP contribution in [0.2, 0.25) is 0 Å². The predicted molar refractivity (Wildman–Crippen MR) is 77.6 cm³/mol. The van der Waals surface area contributed by atoms with E-state index in [4.69, 9.17) is 8.22 Å². The van der Waals surface area contributed by atoms with Gasteiger partial charge in [0.1, 0.15) is 0 Å². The minimum atomic E-state index is -2.77. The molecule has 1 aromatic carbocycles. The average Bonchev–Trinajstić information content (AvgIpc) is 2.78. The number of aryl methyl sites for hydroxylation is 1. The van der Waals surface area contributed by atoms with Gasteiger partial charge in [0.2, 0.25) is 0 Å². The number of aromatic nitrogens is 1. The van der Waals surface area contributed by atoms with Crippen molar-refractivity contribution >= 4 is 16.7 Å².